The van der Waals surface area contributed by atoms with Gasteiger partial charge in [0.05, 0.1) is 13.2 Å². The van der Waals surface area contributed by atoms with Crippen LogP contribution in [0.15, 0.2) is 16.9 Å². The summed E-state index contributed by atoms with van der Waals surface area (Å²) in [5, 5.41) is 3.54. The summed E-state index contributed by atoms with van der Waals surface area (Å²) in [4.78, 5) is 0. The number of aromatic nitrogens is 1. The van der Waals surface area contributed by atoms with Crippen molar-refractivity contribution >= 4 is 13.0 Å². The molecular weight excluding hydrogens is 193 g/mol. The maximum atomic E-state index is 11.9. The molecule has 13 heavy (non-hydrogen) atoms. The van der Waals surface area contributed by atoms with Gasteiger partial charge in [-0.1, -0.05) is 5.16 Å². The number of hydrogen-bond acceptors (Lipinski definition) is 5. The average molecular weight is 205 g/mol. The zero-order valence-corrected chi connectivity index (χ0v) is 8.49. The van der Waals surface area contributed by atoms with Crippen LogP contribution < -0.4 is 5.44 Å². The van der Waals surface area contributed by atoms with Crippen molar-refractivity contribution in [2.75, 3.05) is 13.2 Å². The molecule has 0 N–H and O–H groups in total. The minimum absolute atomic E-state index is 0.219. The first-order chi connectivity index (χ1) is 6.23. The van der Waals surface area contributed by atoms with Crippen LogP contribution in [0.1, 0.15) is 13.8 Å². The Morgan fingerprint density at radius 3 is 2.46 bits per heavy atom. The highest BCUT2D eigenvalue weighted by Crippen LogP contribution is 2.45. The average Bonchev–Trinajstić information content (AvgIpc) is 2.57. The first-order valence-electron chi connectivity index (χ1n) is 4.03. The van der Waals surface area contributed by atoms with Gasteiger partial charge in [0.1, 0.15) is 6.26 Å². The molecule has 0 radical (unpaired) electrons. The second kappa shape index (κ2) is 4.56. The molecule has 0 bridgehead atoms. The Morgan fingerprint density at radius 1 is 1.46 bits per heavy atom. The summed E-state index contributed by atoms with van der Waals surface area (Å²) in [5.41, 5.74) is 0.219. The quantitative estimate of drug-likeness (QED) is 0.682. The maximum Gasteiger partial charge on any atom is 0.383 e. The Balaban J connectivity index is 2.85. The lowest BCUT2D eigenvalue weighted by Crippen LogP contribution is -2.10. The van der Waals surface area contributed by atoms with Gasteiger partial charge in [0.2, 0.25) is 0 Å². The normalized spacial score (nSPS) is 11.8. The Hall–Kier alpha value is -0.640. The van der Waals surface area contributed by atoms with Crippen molar-refractivity contribution in [2.24, 2.45) is 0 Å². The number of nitrogens with zero attached hydrogens (tertiary/aromatic N) is 1. The highest BCUT2D eigenvalue weighted by Gasteiger charge is 2.29. The van der Waals surface area contributed by atoms with E-state index in [1.165, 1.54) is 12.3 Å². The van der Waals surface area contributed by atoms with Gasteiger partial charge in [-0.2, -0.15) is 0 Å². The van der Waals surface area contributed by atoms with E-state index in [1.807, 2.05) is 0 Å². The highest BCUT2D eigenvalue weighted by molar-refractivity contribution is 7.61. The van der Waals surface area contributed by atoms with E-state index in [0.29, 0.717) is 13.2 Å². The predicted octanol–water partition coefficient (Wildman–Crippen LogP) is 1.57. The van der Waals surface area contributed by atoms with Crippen LogP contribution in [0.25, 0.3) is 0 Å². The molecule has 0 spiro atoms. The van der Waals surface area contributed by atoms with Gasteiger partial charge in [-0.15, -0.1) is 0 Å². The van der Waals surface area contributed by atoms with Crippen molar-refractivity contribution in [3.63, 3.8) is 0 Å². The van der Waals surface area contributed by atoms with Crippen molar-refractivity contribution < 1.29 is 18.1 Å². The molecule has 0 fully saturated rings. The molecule has 0 atom stereocenters. The van der Waals surface area contributed by atoms with Gasteiger partial charge in [0, 0.05) is 6.07 Å². The van der Waals surface area contributed by atoms with E-state index in [4.69, 9.17) is 9.05 Å². The molecule has 1 rings (SSSR count). The monoisotopic (exact) mass is 205 g/mol. The predicted molar refractivity (Wildman–Crippen MR) is 47.0 cm³/mol. The van der Waals surface area contributed by atoms with Crippen LogP contribution in [0.2, 0.25) is 0 Å². The van der Waals surface area contributed by atoms with Crippen molar-refractivity contribution in [2.45, 2.75) is 13.8 Å². The third-order valence-corrected chi connectivity index (χ3v) is 3.29. The molecule has 6 heteroatoms. The minimum atomic E-state index is -3.23. The number of rotatable bonds is 5. The van der Waals surface area contributed by atoms with Gasteiger partial charge in [-0.3, -0.25) is 4.57 Å². The van der Waals surface area contributed by atoms with E-state index >= 15 is 0 Å². The minimum Gasteiger partial charge on any atom is -0.364 e. The molecule has 0 aliphatic rings. The van der Waals surface area contributed by atoms with E-state index in [1.54, 1.807) is 13.8 Å². The van der Waals surface area contributed by atoms with Crippen LogP contribution in [-0.2, 0) is 13.6 Å². The Kier molecular flexibility index (Phi) is 3.66. The van der Waals surface area contributed by atoms with Gasteiger partial charge in [-0.25, -0.2) is 0 Å². The molecule has 0 saturated carbocycles. The van der Waals surface area contributed by atoms with Crippen molar-refractivity contribution in [1.82, 2.24) is 5.16 Å². The highest BCUT2D eigenvalue weighted by atomic mass is 31.2. The summed E-state index contributed by atoms with van der Waals surface area (Å²) in [6.45, 7) is 4.10. The van der Waals surface area contributed by atoms with Crippen LogP contribution in [0.3, 0.4) is 0 Å². The summed E-state index contributed by atoms with van der Waals surface area (Å²) >= 11 is 0. The molecule has 0 unspecified atom stereocenters. The second-order valence-electron chi connectivity index (χ2n) is 2.19. The van der Waals surface area contributed by atoms with Gasteiger partial charge in [0.25, 0.3) is 0 Å². The summed E-state index contributed by atoms with van der Waals surface area (Å²) in [5.74, 6) is 0. The largest absolute Gasteiger partial charge is 0.383 e. The SMILES string of the molecule is CCOP(=O)(OCC)c1ccon1. The zero-order chi connectivity index (χ0) is 9.73. The third-order valence-electron chi connectivity index (χ3n) is 1.30. The lowest BCUT2D eigenvalue weighted by Gasteiger charge is -2.13. The molecule has 1 aromatic heterocycles. The first kappa shape index (κ1) is 10.4. The van der Waals surface area contributed by atoms with E-state index in [9.17, 15) is 4.57 Å². The Bertz CT molecular complexity index is 275. The lowest BCUT2D eigenvalue weighted by molar-refractivity contribution is 0.228. The van der Waals surface area contributed by atoms with Gasteiger partial charge in [-0.05, 0) is 13.8 Å². The smallest absolute Gasteiger partial charge is 0.364 e. The van der Waals surface area contributed by atoms with Crippen molar-refractivity contribution in [1.29, 1.82) is 0 Å². The summed E-state index contributed by atoms with van der Waals surface area (Å²) in [7, 11) is -3.23. The molecule has 0 aromatic carbocycles. The van der Waals surface area contributed by atoms with Crippen molar-refractivity contribution in [3.8, 4) is 0 Å². The lowest BCUT2D eigenvalue weighted by atomic mass is 10.8. The summed E-state index contributed by atoms with van der Waals surface area (Å²) in [6.07, 6.45) is 1.33. The van der Waals surface area contributed by atoms with Crippen LogP contribution in [0.4, 0.5) is 0 Å². The summed E-state index contributed by atoms with van der Waals surface area (Å²) < 4.78 is 26.5. The Labute approximate surface area is 76.5 Å². The zero-order valence-electron chi connectivity index (χ0n) is 7.60. The maximum absolute atomic E-state index is 11.9. The molecule has 74 valence electrons. The molecule has 0 amide bonds. The summed E-state index contributed by atoms with van der Waals surface area (Å²) in [6, 6.07) is 1.48. The molecule has 1 heterocycles. The van der Waals surface area contributed by atoms with Crippen LogP contribution >= 0.6 is 7.60 Å². The van der Waals surface area contributed by atoms with Gasteiger partial charge < -0.3 is 13.6 Å². The molecule has 5 nitrogen and oxygen atoms in total. The molecule has 0 saturated heterocycles. The van der Waals surface area contributed by atoms with Gasteiger partial charge in [0.15, 0.2) is 5.44 Å². The molecule has 1 aromatic rings. The van der Waals surface area contributed by atoms with Crippen LogP contribution in [-0.4, -0.2) is 18.4 Å². The van der Waals surface area contributed by atoms with E-state index < -0.39 is 7.60 Å². The standard InChI is InChI=1S/C7H12NO4P/c1-3-11-13(9,12-4-2)7-5-6-10-8-7/h5-6H,3-4H2,1-2H3. The molecular formula is C7H12NO4P. The fourth-order valence-corrected chi connectivity index (χ4v) is 2.27. The fourth-order valence-electron chi connectivity index (χ4n) is 0.857. The topological polar surface area (TPSA) is 61.6 Å². The van der Waals surface area contributed by atoms with E-state index in [0.717, 1.165) is 0 Å². The van der Waals surface area contributed by atoms with Crippen LogP contribution in [0.5, 0.6) is 0 Å². The second-order valence-corrected chi connectivity index (χ2v) is 4.16. The third kappa shape index (κ3) is 2.40. The number of hydrogen-bond donors (Lipinski definition) is 0. The van der Waals surface area contributed by atoms with Crippen LogP contribution in [0, 0.1) is 0 Å². The Morgan fingerprint density at radius 2 is 2.08 bits per heavy atom. The molecule has 0 aliphatic carbocycles. The fraction of sp³-hybridized carbons (Fsp3) is 0.571. The van der Waals surface area contributed by atoms with E-state index in [-0.39, 0.29) is 5.44 Å². The van der Waals surface area contributed by atoms with Gasteiger partial charge >= 0.3 is 7.60 Å². The molecule has 0 aliphatic heterocycles. The first-order valence-corrected chi connectivity index (χ1v) is 5.57. The van der Waals surface area contributed by atoms with Crippen molar-refractivity contribution in [3.05, 3.63) is 12.3 Å². The van der Waals surface area contributed by atoms with E-state index in [2.05, 4.69) is 9.68 Å².